The molecule has 0 aromatic carbocycles. The van der Waals surface area contributed by atoms with Crippen molar-refractivity contribution in [2.45, 2.75) is 401 Å². The second-order valence-corrected chi connectivity index (χ2v) is 31.7. The van der Waals surface area contributed by atoms with Gasteiger partial charge in [-0.1, -0.05) is 331 Å². The van der Waals surface area contributed by atoms with Crippen LogP contribution in [0.5, 0.6) is 0 Å². The zero-order valence-corrected chi connectivity index (χ0v) is 64.1. The van der Waals surface area contributed by atoms with E-state index in [0.29, 0.717) is 25.7 Å². The minimum absolute atomic E-state index is 0.106. The molecule has 0 rings (SSSR count). The van der Waals surface area contributed by atoms with Crippen LogP contribution in [0.4, 0.5) is 0 Å². The van der Waals surface area contributed by atoms with E-state index in [1.807, 2.05) is 0 Å². The molecule has 564 valence electrons. The van der Waals surface area contributed by atoms with Crippen LogP contribution in [0.2, 0.25) is 0 Å². The van der Waals surface area contributed by atoms with Crippen molar-refractivity contribution < 1.29 is 80.2 Å². The van der Waals surface area contributed by atoms with E-state index < -0.39 is 97.5 Å². The number of rotatable bonds is 73. The van der Waals surface area contributed by atoms with E-state index >= 15 is 0 Å². The fourth-order valence-corrected chi connectivity index (χ4v) is 13.1. The third kappa shape index (κ3) is 67.6. The minimum atomic E-state index is -4.96. The first-order valence-electron chi connectivity index (χ1n) is 39.3. The fourth-order valence-electron chi connectivity index (χ4n) is 11.5. The van der Waals surface area contributed by atoms with Crippen molar-refractivity contribution in [3.05, 3.63) is 0 Å². The SMILES string of the molecule is CCC(C)CCCCCCCCC(=O)OC[C@H](COP(=O)(O)OC[C@H](O)COP(=O)(O)OC[C@@H](COC(=O)CCCCCCCCC(C)CC)OC(=O)CCCCCCCCCCCCCCCC(C)C)OC(=O)CCCCCCCCCCCCCCCCCCC(C)C. The fraction of sp³-hybridized carbons (Fsp3) is 0.947. The zero-order chi connectivity index (χ0) is 70.3. The Balaban J connectivity index is 5.21. The number of ether oxygens (including phenoxy) is 4. The summed E-state index contributed by atoms with van der Waals surface area (Å²) in [6.45, 7) is 14.2. The molecule has 0 aromatic rings. The van der Waals surface area contributed by atoms with Crippen LogP contribution in [0.25, 0.3) is 0 Å². The molecule has 19 heteroatoms. The highest BCUT2D eigenvalue weighted by atomic mass is 31.2. The molecule has 0 spiro atoms. The standard InChI is InChI=1S/C76H148O17P2/c1-9-68(7)54-46-38-32-34-40-48-56-73(78)86-62-71(92-75(80)58-50-42-30-26-22-18-14-12-11-13-16-20-24-28-36-44-52-66(3)4)64-90-94(82,83)88-60-70(77)61-89-95(84,85)91-65-72(63-87-74(79)57-49-41-35-33-39-47-55-69(8)10-2)93-76(81)59-51-43-31-27-23-19-15-17-21-25-29-37-45-53-67(5)6/h66-72,77H,9-65H2,1-8H3,(H,82,83)(H,84,85)/t68?,69?,70-,71+,72+/m0/s1. The third-order valence-corrected chi connectivity index (χ3v) is 20.2. The molecule has 0 heterocycles. The Morgan fingerprint density at radius 3 is 0.747 bits per heavy atom. The number of aliphatic hydroxyl groups is 1. The topological polar surface area (TPSA) is 237 Å². The molecule has 0 bridgehead atoms. The lowest BCUT2D eigenvalue weighted by Gasteiger charge is -2.21. The van der Waals surface area contributed by atoms with Crippen molar-refractivity contribution in [3.63, 3.8) is 0 Å². The molecule has 0 aliphatic heterocycles. The van der Waals surface area contributed by atoms with Crippen LogP contribution in [-0.2, 0) is 65.4 Å². The van der Waals surface area contributed by atoms with Crippen molar-refractivity contribution in [1.82, 2.24) is 0 Å². The van der Waals surface area contributed by atoms with Gasteiger partial charge in [-0.05, 0) is 49.4 Å². The zero-order valence-electron chi connectivity index (χ0n) is 62.3. The second-order valence-electron chi connectivity index (χ2n) is 28.8. The van der Waals surface area contributed by atoms with E-state index in [-0.39, 0.29) is 25.7 Å². The maximum atomic E-state index is 13.1. The summed E-state index contributed by atoms with van der Waals surface area (Å²) in [7, 11) is -9.91. The number of carbonyl (C=O) groups is 4. The van der Waals surface area contributed by atoms with Crippen molar-refractivity contribution in [1.29, 1.82) is 0 Å². The van der Waals surface area contributed by atoms with Crippen molar-refractivity contribution in [2.75, 3.05) is 39.6 Å². The third-order valence-electron chi connectivity index (χ3n) is 18.3. The molecular weight excluding hydrogens is 1250 g/mol. The van der Waals surface area contributed by atoms with E-state index in [1.54, 1.807) is 0 Å². The highest BCUT2D eigenvalue weighted by molar-refractivity contribution is 7.47. The molecule has 7 atom stereocenters. The monoisotopic (exact) mass is 1400 g/mol. The van der Waals surface area contributed by atoms with E-state index in [9.17, 15) is 43.2 Å². The quantitative estimate of drug-likeness (QED) is 0.0222. The Hall–Kier alpha value is -1.94. The average Bonchev–Trinajstić information content (AvgIpc) is 2.81. The average molecular weight is 1400 g/mol. The molecule has 95 heavy (non-hydrogen) atoms. The van der Waals surface area contributed by atoms with Crippen LogP contribution in [0, 0.1) is 23.7 Å². The van der Waals surface area contributed by atoms with Gasteiger partial charge in [0.25, 0.3) is 0 Å². The van der Waals surface area contributed by atoms with E-state index in [1.165, 1.54) is 173 Å². The van der Waals surface area contributed by atoms with Crippen LogP contribution in [0.15, 0.2) is 0 Å². The molecule has 0 amide bonds. The lowest BCUT2D eigenvalue weighted by atomic mass is 10.00. The molecule has 0 aliphatic rings. The summed E-state index contributed by atoms with van der Waals surface area (Å²) in [4.78, 5) is 72.8. The van der Waals surface area contributed by atoms with Gasteiger partial charge in [-0.15, -0.1) is 0 Å². The number of hydrogen-bond donors (Lipinski definition) is 3. The number of phosphoric ester groups is 2. The predicted octanol–water partition coefficient (Wildman–Crippen LogP) is 22.0. The molecule has 0 aliphatic carbocycles. The number of aliphatic hydroxyl groups excluding tert-OH is 1. The lowest BCUT2D eigenvalue weighted by Crippen LogP contribution is -2.30. The Kier molecular flexibility index (Phi) is 64.0. The molecular formula is C76H148O17P2. The van der Waals surface area contributed by atoms with Crippen LogP contribution in [-0.4, -0.2) is 96.7 Å². The van der Waals surface area contributed by atoms with E-state index in [2.05, 4.69) is 55.4 Å². The molecule has 0 radical (unpaired) electrons. The van der Waals surface area contributed by atoms with Crippen molar-refractivity contribution in [2.24, 2.45) is 23.7 Å². The minimum Gasteiger partial charge on any atom is -0.462 e. The normalized spacial score (nSPS) is 14.7. The van der Waals surface area contributed by atoms with Crippen LogP contribution in [0.1, 0.15) is 383 Å². The smallest absolute Gasteiger partial charge is 0.462 e. The lowest BCUT2D eigenvalue weighted by molar-refractivity contribution is -0.161. The van der Waals surface area contributed by atoms with Crippen LogP contribution >= 0.6 is 15.6 Å². The molecule has 0 aromatic heterocycles. The summed E-state index contributed by atoms with van der Waals surface area (Å²) < 4.78 is 68.5. The van der Waals surface area contributed by atoms with Gasteiger partial charge in [-0.2, -0.15) is 0 Å². The first-order chi connectivity index (χ1) is 45.7. The van der Waals surface area contributed by atoms with Gasteiger partial charge in [-0.25, -0.2) is 9.13 Å². The Morgan fingerprint density at radius 2 is 0.505 bits per heavy atom. The maximum Gasteiger partial charge on any atom is 0.472 e. The largest absolute Gasteiger partial charge is 0.472 e. The number of phosphoric acid groups is 2. The van der Waals surface area contributed by atoms with E-state index in [4.69, 9.17) is 37.0 Å². The molecule has 0 saturated carbocycles. The van der Waals surface area contributed by atoms with Crippen molar-refractivity contribution >= 4 is 39.5 Å². The first-order valence-corrected chi connectivity index (χ1v) is 42.3. The Labute approximate surface area is 581 Å². The summed E-state index contributed by atoms with van der Waals surface area (Å²) >= 11 is 0. The summed E-state index contributed by atoms with van der Waals surface area (Å²) in [5, 5.41) is 10.6. The number of carbonyl (C=O) groups excluding carboxylic acids is 4. The Morgan fingerprint density at radius 1 is 0.295 bits per heavy atom. The second kappa shape index (κ2) is 65.4. The van der Waals surface area contributed by atoms with Gasteiger partial charge in [0.1, 0.15) is 19.3 Å². The van der Waals surface area contributed by atoms with Crippen LogP contribution in [0.3, 0.4) is 0 Å². The molecule has 17 nitrogen and oxygen atoms in total. The number of hydrogen-bond acceptors (Lipinski definition) is 15. The van der Waals surface area contributed by atoms with Gasteiger partial charge in [-0.3, -0.25) is 37.3 Å². The highest BCUT2D eigenvalue weighted by Gasteiger charge is 2.30. The van der Waals surface area contributed by atoms with Crippen LogP contribution < -0.4 is 0 Å². The van der Waals surface area contributed by atoms with E-state index in [0.717, 1.165) is 126 Å². The highest BCUT2D eigenvalue weighted by Crippen LogP contribution is 2.45. The predicted molar refractivity (Wildman–Crippen MR) is 386 cm³/mol. The van der Waals surface area contributed by atoms with Gasteiger partial charge in [0.05, 0.1) is 26.4 Å². The molecule has 0 fully saturated rings. The number of esters is 4. The molecule has 4 unspecified atom stereocenters. The van der Waals surface area contributed by atoms with Gasteiger partial charge >= 0.3 is 39.5 Å². The first kappa shape index (κ1) is 93.1. The molecule has 3 N–H and O–H groups in total. The van der Waals surface area contributed by atoms with Crippen molar-refractivity contribution in [3.8, 4) is 0 Å². The van der Waals surface area contributed by atoms with Gasteiger partial charge in [0, 0.05) is 25.7 Å². The summed E-state index contributed by atoms with van der Waals surface area (Å²) in [6.07, 6.45) is 50.0. The molecule has 0 saturated heterocycles. The number of unbranched alkanes of at least 4 members (excludes halogenated alkanes) is 37. The van der Waals surface area contributed by atoms with Gasteiger partial charge in [0.2, 0.25) is 0 Å². The Bertz CT molecular complexity index is 1870. The summed E-state index contributed by atoms with van der Waals surface area (Å²) in [5.41, 5.74) is 0. The summed E-state index contributed by atoms with van der Waals surface area (Å²) in [5.74, 6) is 0.934. The maximum absolute atomic E-state index is 13.1. The van der Waals surface area contributed by atoms with Gasteiger partial charge < -0.3 is 33.8 Å². The van der Waals surface area contributed by atoms with Gasteiger partial charge in [0.15, 0.2) is 12.2 Å². The summed E-state index contributed by atoms with van der Waals surface area (Å²) in [6, 6.07) is 0.